The summed E-state index contributed by atoms with van der Waals surface area (Å²) in [6.07, 6.45) is 0.948. The summed E-state index contributed by atoms with van der Waals surface area (Å²) in [5.41, 5.74) is 2.23. The lowest BCUT2D eigenvalue weighted by atomic mass is 10.2. The monoisotopic (exact) mass is 241 g/mol. The van der Waals surface area contributed by atoms with Crippen molar-refractivity contribution < 1.29 is 4.79 Å². The molecule has 0 unspecified atom stereocenters. The summed E-state index contributed by atoms with van der Waals surface area (Å²) in [5.74, 6) is 0. The molecule has 1 heterocycles. The van der Waals surface area contributed by atoms with Crippen molar-refractivity contribution in [2.24, 2.45) is 0 Å². The second-order valence-corrected chi connectivity index (χ2v) is 4.90. The molecule has 1 aliphatic rings. The molecule has 0 spiro atoms. The number of carbonyl (C=O) groups excluding carboxylic acids is 1. The fourth-order valence-corrected chi connectivity index (χ4v) is 3.15. The molecule has 2 aromatic carbocycles. The second kappa shape index (κ2) is 4.26. The van der Waals surface area contributed by atoms with Crippen molar-refractivity contribution in [3.05, 3.63) is 48.5 Å². The highest BCUT2D eigenvalue weighted by Crippen LogP contribution is 2.47. The fourth-order valence-electron chi connectivity index (χ4n) is 2.05. The highest BCUT2D eigenvalue weighted by molar-refractivity contribution is 7.99. The van der Waals surface area contributed by atoms with Crippen molar-refractivity contribution in [3.8, 4) is 0 Å². The summed E-state index contributed by atoms with van der Waals surface area (Å²) in [4.78, 5) is 15.3. The largest absolute Gasteiger partial charge is 0.332 e. The molecular formula is C14H11NOS. The summed E-state index contributed by atoms with van der Waals surface area (Å²) >= 11 is 1.75. The molecule has 0 atom stereocenters. The van der Waals surface area contributed by atoms with Gasteiger partial charge in [-0.2, -0.15) is 0 Å². The average Bonchev–Trinajstić information content (AvgIpc) is 2.39. The number of benzene rings is 2. The minimum Gasteiger partial charge on any atom is -0.332 e. The van der Waals surface area contributed by atoms with Gasteiger partial charge in [-0.15, -0.1) is 0 Å². The van der Waals surface area contributed by atoms with E-state index >= 15 is 0 Å². The second-order valence-electron chi connectivity index (χ2n) is 3.81. The van der Waals surface area contributed by atoms with Crippen molar-refractivity contribution in [2.75, 3.05) is 11.4 Å². The van der Waals surface area contributed by atoms with Crippen molar-refractivity contribution in [2.45, 2.75) is 9.79 Å². The van der Waals surface area contributed by atoms with Crippen LogP contribution in [-0.4, -0.2) is 12.8 Å². The van der Waals surface area contributed by atoms with Crippen LogP contribution in [0.5, 0.6) is 0 Å². The van der Waals surface area contributed by atoms with Gasteiger partial charge in [-0.05, 0) is 24.3 Å². The molecule has 0 saturated carbocycles. The Balaban J connectivity index is 2.16. The normalized spacial score (nSPS) is 12.8. The van der Waals surface area contributed by atoms with E-state index in [0.717, 1.165) is 17.7 Å². The van der Waals surface area contributed by atoms with Gasteiger partial charge >= 0.3 is 0 Å². The number of aldehydes is 1. The van der Waals surface area contributed by atoms with Crippen LogP contribution in [0.2, 0.25) is 0 Å². The Morgan fingerprint density at radius 3 is 2.00 bits per heavy atom. The number of para-hydroxylation sites is 2. The van der Waals surface area contributed by atoms with E-state index in [9.17, 15) is 4.79 Å². The molecule has 3 heteroatoms. The molecule has 1 aliphatic heterocycles. The zero-order valence-electron chi connectivity index (χ0n) is 9.17. The van der Waals surface area contributed by atoms with Crippen LogP contribution in [-0.2, 0) is 4.79 Å². The van der Waals surface area contributed by atoms with E-state index in [1.807, 2.05) is 24.3 Å². The quantitative estimate of drug-likeness (QED) is 0.751. The zero-order chi connectivity index (χ0) is 11.7. The maximum atomic E-state index is 10.8. The lowest BCUT2D eigenvalue weighted by molar-refractivity contribution is -0.106. The van der Waals surface area contributed by atoms with Crippen molar-refractivity contribution in [3.63, 3.8) is 0 Å². The zero-order valence-corrected chi connectivity index (χ0v) is 9.98. The number of carbonyl (C=O) groups is 1. The van der Waals surface area contributed by atoms with Gasteiger partial charge in [0.15, 0.2) is 0 Å². The van der Waals surface area contributed by atoms with Gasteiger partial charge in [0.2, 0.25) is 0 Å². The lowest BCUT2D eigenvalue weighted by Crippen LogP contribution is -2.22. The molecule has 0 saturated heterocycles. The Bertz CT molecular complexity index is 522. The SMILES string of the molecule is O=CCN1c2ccccc2Sc2ccccc21. The first-order valence-electron chi connectivity index (χ1n) is 5.47. The summed E-state index contributed by atoms with van der Waals surface area (Å²) < 4.78 is 0. The van der Waals surface area contributed by atoms with Gasteiger partial charge < -0.3 is 9.69 Å². The number of hydrogen-bond acceptors (Lipinski definition) is 3. The summed E-state index contributed by atoms with van der Waals surface area (Å²) in [6.45, 7) is 0.397. The standard InChI is InChI=1S/C14H11NOS/c16-10-9-15-11-5-1-3-7-13(11)17-14-8-4-2-6-12(14)15/h1-8,10H,9H2. The molecule has 84 valence electrons. The molecular weight excluding hydrogens is 230 g/mol. The molecule has 0 aromatic heterocycles. The Kier molecular flexibility index (Phi) is 2.61. The van der Waals surface area contributed by atoms with Gasteiger partial charge in [0.1, 0.15) is 6.29 Å². The van der Waals surface area contributed by atoms with Crippen LogP contribution in [0.4, 0.5) is 11.4 Å². The minimum atomic E-state index is 0.397. The van der Waals surface area contributed by atoms with Gasteiger partial charge in [0.25, 0.3) is 0 Å². The Labute approximate surface area is 104 Å². The van der Waals surface area contributed by atoms with E-state index in [2.05, 4.69) is 29.2 Å². The topological polar surface area (TPSA) is 20.3 Å². The van der Waals surface area contributed by atoms with Crippen molar-refractivity contribution in [1.82, 2.24) is 0 Å². The van der Waals surface area contributed by atoms with Gasteiger partial charge in [-0.3, -0.25) is 0 Å². The van der Waals surface area contributed by atoms with E-state index < -0.39 is 0 Å². The fraction of sp³-hybridized carbons (Fsp3) is 0.0714. The van der Waals surface area contributed by atoms with Crippen LogP contribution in [0.25, 0.3) is 0 Å². The van der Waals surface area contributed by atoms with Gasteiger partial charge in [-0.1, -0.05) is 36.0 Å². The molecule has 0 amide bonds. The first kappa shape index (κ1) is 10.4. The maximum Gasteiger partial charge on any atom is 0.139 e. The molecule has 2 nitrogen and oxygen atoms in total. The van der Waals surface area contributed by atoms with E-state index in [1.54, 1.807) is 11.8 Å². The highest BCUT2D eigenvalue weighted by Gasteiger charge is 2.21. The van der Waals surface area contributed by atoms with Crippen LogP contribution in [0.1, 0.15) is 0 Å². The third-order valence-corrected chi connectivity index (χ3v) is 3.92. The first-order valence-corrected chi connectivity index (χ1v) is 6.29. The molecule has 0 N–H and O–H groups in total. The Hall–Kier alpha value is -1.74. The van der Waals surface area contributed by atoms with Crippen molar-refractivity contribution in [1.29, 1.82) is 0 Å². The lowest BCUT2D eigenvalue weighted by Gasteiger charge is -2.31. The predicted molar refractivity (Wildman–Crippen MR) is 70.1 cm³/mol. The van der Waals surface area contributed by atoms with Crippen LogP contribution in [0.15, 0.2) is 58.3 Å². The summed E-state index contributed by atoms with van der Waals surface area (Å²) in [7, 11) is 0. The van der Waals surface area contributed by atoms with Gasteiger partial charge in [0, 0.05) is 9.79 Å². The van der Waals surface area contributed by atoms with Crippen molar-refractivity contribution >= 4 is 29.4 Å². The van der Waals surface area contributed by atoms with E-state index in [0.29, 0.717) is 6.54 Å². The van der Waals surface area contributed by atoms with E-state index in [4.69, 9.17) is 0 Å². The molecule has 0 fully saturated rings. The molecule has 0 bridgehead atoms. The molecule has 0 aliphatic carbocycles. The number of hydrogen-bond donors (Lipinski definition) is 0. The molecule has 17 heavy (non-hydrogen) atoms. The average molecular weight is 241 g/mol. The first-order chi connectivity index (χ1) is 8.40. The van der Waals surface area contributed by atoms with Crippen LogP contribution in [0.3, 0.4) is 0 Å². The number of rotatable bonds is 2. The highest BCUT2D eigenvalue weighted by atomic mass is 32.2. The number of nitrogens with zero attached hydrogens (tertiary/aromatic N) is 1. The Morgan fingerprint density at radius 1 is 0.941 bits per heavy atom. The maximum absolute atomic E-state index is 10.8. The Morgan fingerprint density at radius 2 is 1.47 bits per heavy atom. The van der Waals surface area contributed by atoms with Crippen LogP contribution >= 0.6 is 11.8 Å². The molecule has 3 rings (SSSR count). The van der Waals surface area contributed by atoms with Gasteiger partial charge in [-0.25, -0.2) is 0 Å². The third-order valence-electron chi connectivity index (χ3n) is 2.79. The minimum absolute atomic E-state index is 0.397. The van der Waals surface area contributed by atoms with E-state index in [1.165, 1.54) is 9.79 Å². The summed E-state index contributed by atoms with van der Waals surface area (Å²) in [5, 5.41) is 0. The van der Waals surface area contributed by atoms with Crippen LogP contribution < -0.4 is 4.90 Å². The predicted octanol–water partition coefficient (Wildman–Crippen LogP) is 3.49. The molecule has 0 radical (unpaired) electrons. The van der Waals surface area contributed by atoms with Gasteiger partial charge in [0.05, 0.1) is 17.9 Å². The number of anilines is 2. The van der Waals surface area contributed by atoms with E-state index in [-0.39, 0.29) is 0 Å². The molecule has 2 aromatic rings. The summed E-state index contributed by atoms with van der Waals surface area (Å²) in [6, 6.07) is 16.4. The smallest absolute Gasteiger partial charge is 0.139 e. The third kappa shape index (κ3) is 1.72. The number of fused-ring (bicyclic) bond motifs is 2. The van der Waals surface area contributed by atoms with Crippen LogP contribution in [0, 0.1) is 0 Å².